The molecule has 2 fully saturated rings. The molecule has 0 aromatic carbocycles. The van der Waals surface area contributed by atoms with E-state index < -0.39 is 0 Å². The largest absolute Gasteiger partial charge is 0.466 e. The second kappa shape index (κ2) is 8.69. The maximum Gasteiger partial charge on any atom is 0.310 e. The SMILES string of the molecule is CCOC(=O)C1CCCN(C(=NC)NC2CCC2)C1.I. The molecule has 0 amide bonds. The van der Waals surface area contributed by atoms with Crippen LogP contribution in [0.2, 0.25) is 0 Å². The fourth-order valence-corrected chi connectivity index (χ4v) is 2.65. The fraction of sp³-hybridized carbons (Fsp3) is 0.857. The van der Waals surface area contributed by atoms with Crippen molar-refractivity contribution in [1.82, 2.24) is 10.2 Å². The lowest BCUT2D eigenvalue weighted by Gasteiger charge is -2.37. The molecule has 6 heteroatoms. The second-order valence-electron chi connectivity index (χ2n) is 5.36. The van der Waals surface area contributed by atoms with Gasteiger partial charge in [0.15, 0.2) is 5.96 Å². The van der Waals surface area contributed by atoms with Crippen molar-refractivity contribution in [3.63, 3.8) is 0 Å². The smallest absolute Gasteiger partial charge is 0.310 e. The van der Waals surface area contributed by atoms with Gasteiger partial charge in [0, 0.05) is 26.2 Å². The molecule has 1 atom stereocenters. The molecule has 5 nitrogen and oxygen atoms in total. The van der Waals surface area contributed by atoms with Crippen LogP contribution in [-0.4, -0.2) is 49.6 Å². The highest BCUT2D eigenvalue weighted by atomic mass is 127. The normalized spacial score (nSPS) is 23.6. The topological polar surface area (TPSA) is 53.9 Å². The lowest BCUT2D eigenvalue weighted by molar-refractivity contribution is -0.149. The molecule has 0 aromatic heterocycles. The molecule has 0 bridgehead atoms. The summed E-state index contributed by atoms with van der Waals surface area (Å²) < 4.78 is 5.13. The third-order valence-electron chi connectivity index (χ3n) is 3.99. The van der Waals surface area contributed by atoms with E-state index in [0.717, 1.165) is 31.9 Å². The summed E-state index contributed by atoms with van der Waals surface area (Å²) in [5, 5.41) is 3.49. The molecular formula is C14H26IN3O2. The molecule has 1 unspecified atom stereocenters. The Bertz CT molecular complexity index is 345. The van der Waals surface area contributed by atoms with Crippen molar-refractivity contribution in [1.29, 1.82) is 0 Å². The molecule has 1 N–H and O–H groups in total. The summed E-state index contributed by atoms with van der Waals surface area (Å²) in [5.74, 6) is 0.874. The van der Waals surface area contributed by atoms with E-state index in [9.17, 15) is 4.79 Å². The second-order valence-corrected chi connectivity index (χ2v) is 5.36. The summed E-state index contributed by atoms with van der Waals surface area (Å²) in [5.41, 5.74) is 0. The van der Waals surface area contributed by atoms with Crippen molar-refractivity contribution >= 4 is 35.9 Å². The van der Waals surface area contributed by atoms with Crippen LogP contribution < -0.4 is 5.32 Å². The molecule has 0 radical (unpaired) electrons. The monoisotopic (exact) mass is 395 g/mol. The Balaban J connectivity index is 0.00000200. The number of carbonyl (C=O) groups excluding carboxylic acids is 1. The van der Waals surface area contributed by atoms with E-state index in [-0.39, 0.29) is 35.9 Å². The summed E-state index contributed by atoms with van der Waals surface area (Å²) in [6, 6.07) is 0.571. The van der Waals surface area contributed by atoms with Gasteiger partial charge in [-0.05, 0) is 39.0 Å². The van der Waals surface area contributed by atoms with Gasteiger partial charge in [-0.15, -0.1) is 24.0 Å². The lowest BCUT2D eigenvalue weighted by atomic mass is 9.93. The van der Waals surface area contributed by atoms with Crippen molar-refractivity contribution in [2.45, 2.75) is 45.1 Å². The molecule has 1 saturated carbocycles. The zero-order valence-electron chi connectivity index (χ0n) is 12.4. The number of aliphatic imine (C=N–C) groups is 1. The summed E-state index contributed by atoms with van der Waals surface area (Å²) in [6.07, 6.45) is 5.72. The van der Waals surface area contributed by atoms with Gasteiger partial charge in [0.05, 0.1) is 12.5 Å². The predicted molar refractivity (Wildman–Crippen MR) is 90.5 cm³/mol. The van der Waals surface area contributed by atoms with Crippen LogP contribution in [0.3, 0.4) is 0 Å². The number of halogens is 1. The van der Waals surface area contributed by atoms with Crippen molar-refractivity contribution in [3.8, 4) is 0 Å². The van der Waals surface area contributed by atoms with E-state index in [1.165, 1.54) is 19.3 Å². The maximum atomic E-state index is 11.8. The number of rotatable bonds is 3. The predicted octanol–water partition coefficient (Wildman–Crippen LogP) is 2.01. The number of piperidine rings is 1. The van der Waals surface area contributed by atoms with Crippen LogP contribution in [0.25, 0.3) is 0 Å². The minimum absolute atomic E-state index is 0. The van der Waals surface area contributed by atoms with Crippen molar-refractivity contribution in [2.24, 2.45) is 10.9 Å². The van der Waals surface area contributed by atoms with Crippen molar-refractivity contribution in [3.05, 3.63) is 0 Å². The summed E-state index contributed by atoms with van der Waals surface area (Å²) >= 11 is 0. The first-order valence-electron chi connectivity index (χ1n) is 7.39. The van der Waals surface area contributed by atoms with Gasteiger partial charge in [0.1, 0.15) is 0 Å². The Labute approximate surface area is 138 Å². The number of hydrogen-bond donors (Lipinski definition) is 1. The zero-order chi connectivity index (χ0) is 13.7. The highest BCUT2D eigenvalue weighted by Crippen LogP contribution is 2.21. The summed E-state index contributed by atoms with van der Waals surface area (Å²) in [7, 11) is 1.81. The average molecular weight is 395 g/mol. The number of likely N-dealkylation sites (tertiary alicyclic amines) is 1. The number of nitrogens with one attached hydrogen (secondary N) is 1. The van der Waals surface area contributed by atoms with Gasteiger partial charge in [0.2, 0.25) is 0 Å². The highest BCUT2D eigenvalue weighted by molar-refractivity contribution is 14.0. The van der Waals surface area contributed by atoms with Gasteiger partial charge in [-0.2, -0.15) is 0 Å². The first kappa shape index (κ1) is 17.5. The Morgan fingerprint density at radius 2 is 2.10 bits per heavy atom. The molecule has 1 aliphatic heterocycles. The van der Waals surface area contributed by atoms with Crippen LogP contribution in [-0.2, 0) is 9.53 Å². The Hall–Kier alpha value is -0.530. The van der Waals surface area contributed by atoms with E-state index in [0.29, 0.717) is 12.6 Å². The van der Waals surface area contributed by atoms with Crippen LogP contribution in [0, 0.1) is 5.92 Å². The molecule has 0 spiro atoms. The molecule has 2 aliphatic rings. The number of hydrogen-bond acceptors (Lipinski definition) is 3. The van der Waals surface area contributed by atoms with E-state index in [4.69, 9.17) is 4.74 Å². The first-order chi connectivity index (χ1) is 9.24. The van der Waals surface area contributed by atoms with Gasteiger partial charge >= 0.3 is 5.97 Å². The molecule has 2 rings (SSSR count). The molecule has 116 valence electrons. The van der Waals surface area contributed by atoms with Gasteiger partial charge in [-0.1, -0.05) is 0 Å². The number of esters is 1. The third-order valence-corrected chi connectivity index (χ3v) is 3.99. The minimum Gasteiger partial charge on any atom is -0.466 e. The number of ether oxygens (including phenoxy) is 1. The highest BCUT2D eigenvalue weighted by Gasteiger charge is 2.29. The van der Waals surface area contributed by atoms with E-state index in [2.05, 4.69) is 15.2 Å². The van der Waals surface area contributed by atoms with Gasteiger partial charge in [0.25, 0.3) is 0 Å². The summed E-state index contributed by atoms with van der Waals surface area (Å²) in [4.78, 5) is 18.4. The van der Waals surface area contributed by atoms with Gasteiger partial charge in [-0.25, -0.2) is 0 Å². The van der Waals surface area contributed by atoms with Crippen molar-refractivity contribution < 1.29 is 9.53 Å². The van der Waals surface area contributed by atoms with E-state index in [1.807, 2.05) is 14.0 Å². The van der Waals surface area contributed by atoms with Crippen LogP contribution in [0.4, 0.5) is 0 Å². The number of guanidine groups is 1. The van der Waals surface area contributed by atoms with Crippen LogP contribution in [0.1, 0.15) is 39.0 Å². The summed E-state index contributed by atoms with van der Waals surface area (Å²) in [6.45, 7) is 4.02. The van der Waals surface area contributed by atoms with Crippen LogP contribution in [0.15, 0.2) is 4.99 Å². The van der Waals surface area contributed by atoms with Crippen LogP contribution >= 0.6 is 24.0 Å². The Morgan fingerprint density at radius 1 is 1.35 bits per heavy atom. The number of carbonyl (C=O) groups is 1. The van der Waals surface area contributed by atoms with Crippen molar-refractivity contribution in [2.75, 3.05) is 26.7 Å². The minimum atomic E-state index is -0.0636. The van der Waals surface area contributed by atoms with Crippen LogP contribution in [0.5, 0.6) is 0 Å². The lowest BCUT2D eigenvalue weighted by Crippen LogP contribution is -2.52. The molecule has 1 heterocycles. The Kier molecular flexibility index (Phi) is 7.61. The fourth-order valence-electron chi connectivity index (χ4n) is 2.65. The quantitative estimate of drug-likeness (QED) is 0.344. The Morgan fingerprint density at radius 3 is 2.65 bits per heavy atom. The standard InChI is InChI=1S/C14H25N3O2.HI/c1-3-19-13(18)11-6-5-9-17(10-11)14(15-2)16-12-7-4-8-12;/h11-12H,3-10H2,1-2H3,(H,15,16);1H. The molecule has 1 saturated heterocycles. The van der Waals surface area contributed by atoms with Gasteiger partial charge in [-0.3, -0.25) is 9.79 Å². The molecule has 0 aromatic rings. The number of nitrogens with zero attached hydrogens (tertiary/aromatic N) is 2. The third kappa shape index (κ3) is 4.49. The average Bonchev–Trinajstić information content (AvgIpc) is 2.38. The molecular weight excluding hydrogens is 369 g/mol. The first-order valence-corrected chi connectivity index (χ1v) is 7.39. The van der Waals surface area contributed by atoms with E-state index >= 15 is 0 Å². The molecule has 20 heavy (non-hydrogen) atoms. The zero-order valence-corrected chi connectivity index (χ0v) is 14.8. The maximum absolute atomic E-state index is 11.8. The van der Waals surface area contributed by atoms with Gasteiger partial charge < -0.3 is 15.0 Å². The van der Waals surface area contributed by atoms with E-state index in [1.54, 1.807) is 0 Å². The molecule has 1 aliphatic carbocycles.